The number of halogens is 1. The summed E-state index contributed by atoms with van der Waals surface area (Å²) >= 11 is 10.7. The Morgan fingerprint density at radius 1 is 1.40 bits per heavy atom. The highest BCUT2D eigenvalue weighted by Crippen LogP contribution is 2.39. The second-order valence-corrected chi connectivity index (χ2v) is 7.90. The van der Waals surface area contributed by atoms with Crippen molar-refractivity contribution >= 4 is 50.6 Å². The van der Waals surface area contributed by atoms with Crippen molar-refractivity contribution in [3.8, 4) is 0 Å². The molecule has 3 N–H and O–H groups in total. The molecule has 0 amide bonds. The van der Waals surface area contributed by atoms with Gasteiger partial charge < -0.3 is 11.1 Å². The van der Waals surface area contributed by atoms with Crippen molar-refractivity contribution in [2.45, 2.75) is 36.9 Å². The lowest BCUT2D eigenvalue weighted by molar-refractivity contribution is 0.411. The summed E-state index contributed by atoms with van der Waals surface area (Å²) < 4.78 is 1.31. The molecular formula is C15H21BrN2S2. The molecule has 110 valence electrons. The van der Waals surface area contributed by atoms with E-state index in [-0.39, 0.29) is 0 Å². The van der Waals surface area contributed by atoms with Crippen LogP contribution in [0.2, 0.25) is 0 Å². The van der Waals surface area contributed by atoms with E-state index in [1.54, 1.807) is 0 Å². The molecule has 1 aliphatic rings. The molecule has 0 radical (unpaired) electrons. The first-order valence-corrected chi connectivity index (χ1v) is 9.38. The molecule has 1 fully saturated rings. The quantitative estimate of drug-likeness (QED) is 0.742. The monoisotopic (exact) mass is 372 g/mol. The fourth-order valence-corrected chi connectivity index (χ4v) is 4.67. The van der Waals surface area contributed by atoms with E-state index in [1.165, 1.54) is 32.1 Å². The highest BCUT2D eigenvalue weighted by atomic mass is 79.9. The van der Waals surface area contributed by atoms with Crippen molar-refractivity contribution in [3.05, 3.63) is 28.2 Å². The minimum absolute atomic E-state index is 0.355. The second kappa shape index (κ2) is 7.14. The van der Waals surface area contributed by atoms with Crippen LogP contribution in [0.5, 0.6) is 0 Å². The molecule has 5 heteroatoms. The summed E-state index contributed by atoms with van der Waals surface area (Å²) in [5.74, 6) is 0. The first-order chi connectivity index (χ1) is 9.58. The third kappa shape index (κ3) is 3.68. The minimum Gasteiger partial charge on any atom is -0.389 e. The molecule has 1 aromatic carbocycles. The van der Waals surface area contributed by atoms with Gasteiger partial charge in [-0.2, -0.15) is 11.8 Å². The molecule has 0 aliphatic heterocycles. The zero-order valence-electron chi connectivity index (χ0n) is 11.7. The van der Waals surface area contributed by atoms with Gasteiger partial charge in [-0.3, -0.25) is 0 Å². The van der Waals surface area contributed by atoms with Gasteiger partial charge in [0.05, 0.1) is 0 Å². The Balaban J connectivity index is 2.14. The number of rotatable bonds is 5. The summed E-state index contributed by atoms with van der Waals surface area (Å²) in [6.07, 6.45) is 8.85. The molecule has 0 atom stereocenters. The number of benzene rings is 1. The van der Waals surface area contributed by atoms with E-state index in [9.17, 15) is 0 Å². The molecule has 2 nitrogen and oxygen atoms in total. The average Bonchev–Trinajstić information content (AvgIpc) is 2.45. The Kier molecular flexibility index (Phi) is 5.75. The van der Waals surface area contributed by atoms with Crippen molar-refractivity contribution < 1.29 is 0 Å². The molecule has 0 spiro atoms. The van der Waals surface area contributed by atoms with E-state index in [0.29, 0.717) is 9.74 Å². The first-order valence-electron chi connectivity index (χ1n) is 6.95. The van der Waals surface area contributed by atoms with Crippen LogP contribution in [0.4, 0.5) is 5.69 Å². The Morgan fingerprint density at radius 2 is 2.10 bits per heavy atom. The van der Waals surface area contributed by atoms with Crippen LogP contribution in [0.1, 0.15) is 37.7 Å². The predicted molar refractivity (Wildman–Crippen MR) is 97.9 cm³/mol. The zero-order chi connectivity index (χ0) is 14.6. The van der Waals surface area contributed by atoms with Crippen LogP contribution in [-0.2, 0) is 0 Å². The highest BCUT2D eigenvalue weighted by Gasteiger charge is 2.31. The lowest BCUT2D eigenvalue weighted by Crippen LogP contribution is -2.36. The number of nitrogens with two attached hydrogens (primary N) is 1. The van der Waals surface area contributed by atoms with Gasteiger partial charge >= 0.3 is 0 Å². The molecule has 0 unspecified atom stereocenters. The van der Waals surface area contributed by atoms with Crippen LogP contribution in [0.15, 0.2) is 22.7 Å². The molecule has 0 heterocycles. The van der Waals surface area contributed by atoms with E-state index in [1.807, 2.05) is 23.9 Å². The fourth-order valence-electron chi connectivity index (χ4n) is 2.83. The van der Waals surface area contributed by atoms with Gasteiger partial charge in [0.1, 0.15) is 4.99 Å². The Bertz CT molecular complexity index is 485. The van der Waals surface area contributed by atoms with Crippen LogP contribution in [-0.4, -0.2) is 22.5 Å². The number of nitrogens with one attached hydrogen (secondary N) is 1. The Morgan fingerprint density at radius 3 is 2.70 bits per heavy atom. The van der Waals surface area contributed by atoms with Crippen molar-refractivity contribution in [2.75, 3.05) is 18.1 Å². The molecule has 0 aromatic heterocycles. The SMILES string of the molecule is CSC1(CNc2cccc(Br)c2C(N)=S)CCCCC1. The topological polar surface area (TPSA) is 38.0 Å². The summed E-state index contributed by atoms with van der Waals surface area (Å²) in [5, 5.41) is 3.58. The highest BCUT2D eigenvalue weighted by molar-refractivity contribution is 9.10. The second-order valence-electron chi connectivity index (χ2n) is 5.33. The summed E-state index contributed by atoms with van der Waals surface area (Å²) in [5.41, 5.74) is 7.79. The summed E-state index contributed by atoms with van der Waals surface area (Å²) in [4.78, 5) is 0.432. The van der Waals surface area contributed by atoms with Crippen LogP contribution in [0.3, 0.4) is 0 Å². The van der Waals surface area contributed by atoms with E-state index in [0.717, 1.165) is 22.3 Å². The largest absolute Gasteiger partial charge is 0.389 e. The predicted octanol–water partition coefficient (Wildman–Crippen LogP) is 4.56. The molecule has 0 bridgehead atoms. The normalized spacial score (nSPS) is 17.7. The van der Waals surface area contributed by atoms with Gasteiger partial charge in [-0.1, -0.05) is 37.5 Å². The van der Waals surface area contributed by atoms with Gasteiger partial charge in [0.25, 0.3) is 0 Å². The fraction of sp³-hybridized carbons (Fsp3) is 0.533. The number of anilines is 1. The summed E-state index contributed by atoms with van der Waals surface area (Å²) in [6, 6.07) is 6.04. The van der Waals surface area contributed by atoms with Crippen LogP contribution in [0, 0.1) is 0 Å². The van der Waals surface area contributed by atoms with E-state index < -0.39 is 0 Å². The molecule has 2 rings (SSSR count). The summed E-state index contributed by atoms with van der Waals surface area (Å²) in [7, 11) is 0. The smallest absolute Gasteiger partial charge is 0.107 e. The summed E-state index contributed by atoms with van der Waals surface area (Å²) in [6.45, 7) is 0.972. The molecule has 1 aromatic rings. The molecule has 1 saturated carbocycles. The van der Waals surface area contributed by atoms with E-state index >= 15 is 0 Å². The van der Waals surface area contributed by atoms with Crippen LogP contribution >= 0.6 is 39.9 Å². The van der Waals surface area contributed by atoms with E-state index in [2.05, 4.69) is 33.6 Å². The minimum atomic E-state index is 0.355. The Labute approximate surface area is 139 Å². The van der Waals surface area contributed by atoms with Crippen LogP contribution in [0.25, 0.3) is 0 Å². The lowest BCUT2D eigenvalue weighted by atomic mass is 9.88. The van der Waals surface area contributed by atoms with Gasteiger partial charge in [0.2, 0.25) is 0 Å². The van der Waals surface area contributed by atoms with Gasteiger partial charge in [-0.05, 0) is 47.2 Å². The van der Waals surface area contributed by atoms with Crippen molar-refractivity contribution in [3.63, 3.8) is 0 Å². The molecule has 0 saturated heterocycles. The van der Waals surface area contributed by atoms with Crippen molar-refractivity contribution in [1.29, 1.82) is 0 Å². The van der Waals surface area contributed by atoms with Gasteiger partial charge in [0, 0.05) is 27.0 Å². The molecule has 1 aliphatic carbocycles. The number of hydrogen-bond acceptors (Lipinski definition) is 3. The van der Waals surface area contributed by atoms with Gasteiger partial charge in [-0.15, -0.1) is 0 Å². The van der Waals surface area contributed by atoms with Gasteiger partial charge in [-0.25, -0.2) is 0 Å². The maximum Gasteiger partial charge on any atom is 0.107 e. The zero-order valence-corrected chi connectivity index (χ0v) is 15.0. The van der Waals surface area contributed by atoms with Crippen molar-refractivity contribution in [1.82, 2.24) is 0 Å². The standard InChI is InChI=1S/C15H21BrN2S2/c1-20-15(8-3-2-4-9-15)10-18-12-7-5-6-11(16)13(12)14(17)19/h5-7,18H,2-4,8-10H2,1H3,(H2,17,19). The Hall–Kier alpha value is -0.260. The third-order valence-corrected chi connectivity index (χ3v) is 6.34. The third-order valence-electron chi connectivity index (χ3n) is 4.06. The van der Waals surface area contributed by atoms with Crippen molar-refractivity contribution in [2.24, 2.45) is 5.73 Å². The molecule has 20 heavy (non-hydrogen) atoms. The maximum atomic E-state index is 5.85. The number of hydrogen-bond donors (Lipinski definition) is 2. The number of thioether (sulfide) groups is 1. The lowest BCUT2D eigenvalue weighted by Gasteiger charge is -2.36. The van der Waals surface area contributed by atoms with Crippen LogP contribution < -0.4 is 11.1 Å². The number of thiocarbonyl (C=S) groups is 1. The van der Waals surface area contributed by atoms with Gasteiger partial charge in [0.15, 0.2) is 0 Å². The van der Waals surface area contributed by atoms with E-state index in [4.69, 9.17) is 18.0 Å². The average molecular weight is 373 g/mol. The molecular weight excluding hydrogens is 352 g/mol. The maximum absolute atomic E-state index is 5.85. The first kappa shape index (κ1) is 16.1.